The first-order chi connectivity index (χ1) is 8.74. The molecule has 0 saturated heterocycles. The van der Waals surface area contributed by atoms with E-state index in [1.54, 1.807) is 6.20 Å². The van der Waals surface area contributed by atoms with E-state index in [2.05, 4.69) is 10.3 Å². The number of pyridine rings is 1. The minimum absolute atomic E-state index is 0.0923. The van der Waals surface area contributed by atoms with E-state index in [9.17, 15) is 0 Å². The van der Waals surface area contributed by atoms with E-state index in [0.29, 0.717) is 0 Å². The van der Waals surface area contributed by atoms with Crippen LogP contribution in [0.1, 0.15) is 12.6 Å². The van der Waals surface area contributed by atoms with Crippen molar-refractivity contribution in [3.63, 3.8) is 0 Å². The Labute approximate surface area is 108 Å². The number of anilines is 1. The summed E-state index contributed by atoms with van der Waals surface area (Å²) in [7, 11) is 0. The molecular weight excluding hydrogens is 224 g/mol. The number of aromatic nitrogens is 1. The first-order valence-electron chi connectivity index (χ1n) is 6.12. The maximum Gasteiger partial charge on any atom is 0.138 e. The van der Waals surface area contributed by atoms with Gasteiger partial charge < -0.3 is 10.1 Å². The second-order valence-electron chi connectivity index (χ2n) is 4.31. The fourth-order valence-corrected chi connectivity index (χ4v) is 1.62. The third-order valence-electron chi connectivity index (χ3n) is 2.59. The van der Waals surface area contributed by atoms with Gasteiger partial charge in [-0.3, -0.25) is 4.98 Å². The van der Waals surface area contributed by atoms with Crippen LogP contribution in [0.2, 0.25) is 0 Å². The molecule has 94 valence electrons. The van der Waals surface area contributed by atoms with Gasteiger partial charge in [-0.1, -0.05) is 18.2 Å². The summed E-state index contributed by atoms with van der Waals surface area (Å²) in [5.41, 5.74) is 2.10. The molecule has 0 aliphatic carbocycles. The van der Waals surface area contributed by atoms with Crippen LogP contribution in [-0.4, -0.2) is 17.6 Å². The lowest BCUT2D eigenvalue weighted by atomic mass is 10.3. The first-order valence-corrected chi connectivity index (χ1v) is 6.12. The van der Waals surface area contributed by atoms with Gasteiger partial charge >= 0.3 is 0 Å². The molecule has 1 aromatic carbocycles. The van der Waals surface area contributed by atoms with Crippen molar-refractivity contribution in [2.24, 2.45) is 0 Å². The van der Waals surface area contributed by atoms with E-state index in [1.165, 1.54) is 0 Å². The molecule has 2 aromatic rings. The standard InChI is InChI=1S/C15H18N2O/c1-12-8-9-15(11-16-12)18-13(2)10-17-14-6-4-3-5-7-14/h3-9,11,13,17H,10H2,1-2H3. The molecule has 0 bridgehead atoms. The molecule has 1 heterocycles. The van der Waals surface area contributed by atoms with Crippen LogP contribution in [-0.2, 0) is 0 Å². The summed E-state index contributed by atoms with van der Waals surface area (Å²) >= 11 is 0. The quantitative estimate of drug-likeness (QED) is 0.873. The molecule has 0 amide bonds. The number of hydrogen-bond acceptors (Lipinski definition) is 3. The zero-order valence-electron chi connectivity index (χ0n) is 10.8. The number of benzene rings is 1. The van der Waals surface area contributed by atoms with Crippen molar-refractivity contribution < 1.29 is 4.74 Å². The van der Waals surface area contributed by atoms with Crippen molar-refractivity contribution in [3.05, 3.63) is 54.4 Å². The van der Waals surface area contributed by atoms with Gasteiger partial charge in [0.05, 0.1) is 12.7 Å². The third-order valence-corrected chi connectivity index (χ3v) is 2.59. The smallest absolute Gasteiger partial charge is 0.138 e. The maximum absolute atomic E-state index is 5.77. The van der Waals surface area contributed by atoms with Gasteiger partial charge in [0, 0.05) is 11.4 Å². The lowest BCUT2D eigenvalue weighted by Crippen LogP contribution is -2.22. The predicted molar refractivity (Wildman–Crippen MR) is 74.0 cm³/mol. The second-order valence-corrected chi connectivity index (χ2v) is 4.31. The highest BCUT2D eigenvalue weighted by atomic mass is 16.5. The van der Waals surface area contributed by atoms with Crippen LogP contribution in [0, 0.1) is 6.92 Å². The minimum Gasteiger partial charge on any atom is -0.487 e. The molecular formula is C15H18N2O. The van der Waals surface area contributed by atoms with Crippen LogP contribution in [0.15, 0.2) is 48.7 Å². The molecule has 18 heavy (non-hydrogen) atoms. The summed E-state index contributed by atoms with van der Waals surface area (Å²) in [5.74, 6) is 0.808. The summed E-state index contributed by atoms with van der Waals surface area (Å²) in [6, 6.07) is 14.0. The molecule has 0 fully saturated rings. The average molecular weight is 242 g/mol. The summed E-state index contributed by atoms with van der Waals surface area (Å²) in [4.78, 5) is 4.21. The third kappa shape index (κ3) is 3.77. The molecule has 1 N–H and O–H groups in total. The Kier molecular flexibility index (Phi) is 4.18. The van der Waals surface area contributed by atoms with E-state index in [-0.39, 0.29) is 6.10 Å². The van der Waals surface area contributed by atoms with Crippen LogP contribution in [0.25, 0.3) is 0 Å². The van der Waals surface area contributed by atoms with Crippen LogP contribution in [0.5, 0.6) is 5.75 Å². The summed E-state index contributed by atoms with van der Waals surface area (Å²) in [6.07, 6.45) is 1.85. The predicted octanol–water partition coefficient (Wildman–Crippen LogP) is 3.27. The van der Waals surface area contributed by atoms with Crippen LogP contribution < -0.4 is 10.1 Å². The SMILES string of the molecule is Cc1ccc(OC(C)CNc2ccccc2)cn1. The molecule has 1 aromatic heterocycles. The Hall–Kier alpha value is -2.03. The molecule has 3 nitrogen and oxygen atoms in total. The van der Waals surface area contributed by atoms with Gasteiger partial charge in [0.1, 0.15) is 11.9 Å². The number of nitrogens with one attached hydrogen (secondary N) is 1. The van der Waals surface area contributed by atoms with Crippen molar-refractivity contribution in [1.82, 2.24) is 4.98 Å². The normalized spacial score (nSPS) is 11.9. The van der Waals surface area contributed by atoms with Gasteiger partial charge in [-0.05, 0) is 38.1 Å². The van der Waals surface area contributed by atoms with Crippen molar-refractivity contribution in [3.8, 4) is 5.75 Å². The largest absolute Gasteiger partial charge is 0.487 e. The Morgan fingerprint density at radius 2 is 1.94 bits per heavy atom. The van der Waals surface area contributed by atoms with Crippen molar-refractivity contribution in [2.45, 2.75) is 20.0 Å². The number of rotatable bonds is 5. The highest BCUT2D eigenvalue weighted by Crippen LogP contribution is 2.11. The summed E-state index contributed by atoms with van der Waals surface area (Å²) in [5, 5.41) is 3.33. The Morgan fingerprint density at radius 3 is 2.61 bits per heavy atom. The lowest BCUT2D eigenvalue weighted by molar-refractivity contribution is 0.234. The van der Waals surface area contributed by atoms with Gasteiger partial charge in [0.25, 0.3) is 0 Å². The summed E-state index contributed by atoms with van der Waals surface area (Å²) < 4.78 is 5.77. The van der Waals surface area contributed by atoms with E-state index in [4.69, 9.17) is 4.74 Å². The molecule has 0 aliphatic rings. The van der Waals surface area contributed by atoms with Gasteiger partial charge in [-0.2, -0.15) is 0 Å². The molecule has 0 aliphatic heterocycles. The van der Waals surface area contributed by atoms with Crippen molar-refractivity contribution >= 4 is 5.69 Å². The second kappa shape index (κ2) is 6.05. The van der Waals surface area contributed by atoms with E-state index >= 15 is 0 Å². The Bertz CT molecular complexity index is 468. The molecule has 1 unspecified atom stereocenters. The first kappa shape index (κ1) is 12.4. The fraction of sp³-hybridized carbons (Fsp3) is 0.267. The van der Waals surface area contributed by atoms with Crippen LogP contribution in [0.3, 0.4) is 0 Å². The number of para-hydroxylation sites is 1. The monoisotopic (exact) mass is 242 g/mol. The van der Waals surface area contributed by atoms with Gasteiger partial charge in [-0.25, -0.2) is 0 Å². The van der Waals surface area contributed by atoms with E-state index in [1.807, 2.05) is 56.3 Å². The maximum atomic E-state index is 5.77. The fourth-order valence-electron chi connectivity index (χ4n) is 1.62. The minimum atomic E-state index is 0.0923. The zero-order valence-corrected chi connectivity index (χ0v) is 10.8. The number of nitrogens with zero attached hydrogens (tertiary/aromatic N) is 1. The van der Waals surface area contributed by atoms with Gasteiger partial charge in [0.15, 0.2) is 0 Å². The molecule has 0 radical (unpaired) electrons. The Morgan fingerprint density at radius 1 is 1.17 bits per heavy atom. The number of ether oxygens (including phenoxy) is 1. The summed E-state index contributed by atoms with van der Waals surface area (Å²) in [6.45, 7) is 4.76. The molecule has 0 spiro atoms. The number of aryl methyl sites for hydroxylation is 1. The Balaban J connectivity index is 1.82. The number of hydrogen-bond donors (Lipinski definition) is 1. The van der Waals surface area contributed by atoms with Crippen LogP contribution in [0.4, 0.5) is 5.69 Å². The molecule has 2 rings (SSSR count). The van der Waals surface area contributed by atoms with Gasteiger partial charge in [0.2, 0.25) is 0 Å². The van der Waals surface area contributed by atoms with Gasteiger partial charge in [-0.15, -0.1) is 0 Å². The highest BCUT2D eigenvalue weighted by molar-refractivity contribution is 5.42. The average Bonchev–Trinajstić information content (AvgIpc) is 2.40. The van der Waals surface area contributed by atoms with E-state index in [0.717, 1.165) is 23.7 Å². The topological polar surface area (TPSA) is 34.1 Å². The van der Waals surface area contributed by atoms with Crippen molar-refractivity contribution in [1.29, 1.82) is 0 Å². The zero-order chi connectivity index (χ0) is 12.8. The van der Waals surface area contributed by atoms with Crippen molar-refractivity contribution in [2.75, 3.05) is 11.9 Å². The lowest BCUT2D eigenvalue weighted by Gasteiger charge is -2.16. The van der Waals surface area contributed by atoms with E-state index < -0.39 is 0 Å². The van der Waals surface area contributed by atoms with Crippen LogP contribution >= 0.6 is 0 Å². The molecule has 3 heteroatoms. The molecule has 1 atom stereocenters. The highest BCUT2D eigenvalue weighted by Gasteiger charge is 2.03. The molecule has 0 saturated carbocycles.